The summed E-state index contributed by atoms with van der Waals surface area (Å²) in [7, 11) is 1.76. The van der Waals surface area contributed by atoms with Crippen molar-refractivity contribution in [2.75, 3.05) is 12.4 Å². The Morgan fingerprint density at radius 1 is 1.31 bits per heavy atom. The molecule has 84 valence electrons. The molecule has 0 aromatic heterocycles. The van der Waals surface area contributed by atoms with Crippen LogP contribution in [0.2, 0.25) is 0 Å². The first-order valence-corrected chi connectivity index (χ1v) is 5.29. The molecule has 2 rings (SSSR count). The quantitative estimate of drug-likeness (QED) is 0.812. The highest BCUT2D eigenvalue weighted by Crippen LogP contribution is 2.32. The number of benzene rings is 2. The van der Waals surface area contributed by atoms with Crippen molar-refractivity contribution in [3.05, 3.63) is 35.6 Å². The Morgan fingerprint density at radius 2 is 2.06 bits per heavy atom. The smallest absolute Gasteiger partial charge is 0.127 e. The summed E-state index contributed by atoms with van der Waals surface area (Å²) in [6.45, 7) is 1.92. The number of aromatic hydroxyl groups is 1. The van der Waals surface area contributed by atoms with Gasteiger partial charge in [0.05, 0.1) is 0 Å². The van der Waals surface area contributed by atoms with E-state index in [4.69, 9.17) is 0 Å². The summed E-state index contributed by atoms with van der Waals surface area (Å²) in [4.78, 5) is 0. The third-order valence-electron chi connectivity index (χ3n) is 2.78. The fourth-order valence-corrected chi connectivity index (χ4v) is 2.04. The van der Waals surface area contributed by atoms with Crippen molar-refractivity contribution in [3.8, 4) is 5.75 Å². The molecule has 0 radical (unpaired) electrons. The van der Waals surface area contributed by atoms with Crippen molar-refractivity contribution in [2.24, 2.45) is 0 Å². The fraction of sp³-hybridized carbons (Fsp3) is 0.231. The second kappa shape index (κ2) is 4.00. The molecule has 0 bridgehead atoms. The minimum absolute atomic E-state index is 0.186. The maximum Gasteiger partial charge on any atom is 0.127 e. The summed E-state index contributed by atoms with van der Waals surface area (Å²) in [5.41, 5.74) is 1.44. The van der Waals surface area contributed by atoms with Gasteiger partial charge in [0.15, 0.2) is 0 Å². The first kappa shape index (κ1) is 10.7. The SMILES string of the molecule is CCc1c(F)ccc2cc(O)cc(NC)c12. The van der Waals surface area contributed by atoms with Crippen LogP contribution < -0.4 is 5.32 Å². The zero-order valence-corrected chi connectivity index (χ0v) is 9.34. The van der Waals surface area contributed by atoms with Gasteiger partial charge in [-0.05, 0) is 29.5 Å². The Balaban J connectivity index is 2.89. The van der Waals surface area contributed by atoms with Crippen LogP contribution in [0.5, 0.6) is 5.75 Å². The predicted octanol–water partition coefficient (Wildman–Crippen LogP) is 3.29. The molecule has 16 heavy (non-hydrogen) atoms. The van der Waals surface area contributed by atoms with Crippen molar-refractivity contribution >= 4 is 16.5 Å². The maximum absolute atomic E-state index is 13.6. The molecule has 3 heteroatoms. The van der Waals surface area contributed by atoms with Gasteiger partial charge in [0, 0.05) is 24.2 Å². The second-order valence-electron chi connectivity index (χ2n) is 3.72. The Kier molecular flexibility index (Phi) is 2.69. The molecule has 0 atom stereocenters. The largest absolute Gasteiger partial charge is 0.508 e. The van der Waals surface area contributed by atoms with E-state index in [1.54, 1.807) is 25.2 Å². The van der Waals surface area contributed by atoms with Gasteiger partial charge in [-0.15, -0.1) is 0 Å². The number of hydrogen-bond acceptors (Lipinski definition) is 2. The molecule has 0 saturated heterocycles. The fourth-order valence-electron chi connectivity index (χ4n) is 2.04. The minimum atomic E-state index is -0.197. The second-order valence-corrected chi connectivity index (χ2v) is 3.72. The van der Waals surface area contributed by atoms with Gasteiger partial charge in [0.1, 0.15) is 11.6 Å². The first-order valence-electron chi connectivity index (χ1n) is 5.29. The van der Waals surface area contributed by atoms with Gasteiger partial charge in [-0.25, -0.2) is 4.39 Å². The van der Waals surface area contributed by atoms with E-state index in [-0.39, 0.29) is 11.6 Å². The van der Waals surface area contributed by atoms with Gasteiger partial charge in [-0.1, -0.05) is 13.0 Å². The lowest BCUT2D eigenvalue weighted by Crippen LogP contribution is -1.96. The van der Waals surface area contributed by atoms with Gasteiger partial charge in [-0.3, -0.25) is 0 Å². The van der Waals surface area contributed by atoms with Crippen molar-refractivity contribution in [1.82, 2.24) is 0 Å². The van der Waals surface area contributed by atoms with E-state index in [0.717, 1.165) is 16.5 Å². The summed E-state index contributed by atoms with van der Waals surface area (Å²) >= 11 is 0. The Bertz CT molecular complexity index is 537. The molecule has 0 fully saturated rings. The Hall–Kier alpha value is -1.77. The zero-order chi connectivity index (χ0) is 11.7. The molecule has 2 N–H and O–H groups in total. The van der Waals surface area contributed by atoms with Crippen LogP contribution in [0.1, 0.15) is 12.5 Å². The third kappa shape index (κ3) is 1.58. The molecule has 0 heterocycles. The lowest BCUT2D eigenvalue weighted by Gasteiger charge is -2.11. The van der Waals surface area contributed by atoms with E-state index in [1.807, 2.05) is 6.92 Å². The third-order valence-corrected chi connectivity index (χ3v) is 2.78. The van der Waals surface area contributed by atoms with Gasteiger partial charge in [0.2, 0.25) is 0 Å². The summed E-state index contributed by atoms with van der Waals surface area (Å²) in [5, 5.41) is 14.2. The molecule has 0 aliphatic rings. The highest BCUT2D eigenvalue weighted by atomic mass is 19.1. The van der Waals surface area contributed by atoms with Crippen LogP contribution in [0.15, 0.2) is 24.3 Å². The molecule has 0 aliphatic heterocycles. The number of hydrogen-bond donors (Lipinski definition) is 2. The average molecular weight is 219 g/mol. The number of phenols is 1. The van der Waals surface area contributed by atoms with Gasteiger partial charge < -0.3 is 10.4 Å². The van der Waals surface area contributed by atoms with Crippen LogP contribution in [0, 0.1) is 5.82 Å². The molecule has 0 aliphatic carbocycles. The van der Waals surface area contributed by atoms with E-state index in [1.165, 1.54) is 6.07 Å². The minimum Gasteiger partial charge on any atom is -0.508 e. The van der Waals surface area contributed by atoms with Crippen molar-refractivity contribution in [2.45, 2.75) is 13.3 Å². The van der Waals surface area contributed by atoms with Gasteiger partial charge in [-0.2, -0.15) is 0 Å². The molecular weight excluding hydrogens is 205 g/mol. The summed E-state index contributed by atoms with van der Waals surface area (Å²) < 4.78 is 13.6. The van der Waals surface area contributed by atoms with E-state index >= 15 is 0 Å². The van der Waals surface area contributed by atoms with E-state index in [0.29, 0.717) is 12.0 Å². The van der Waals surface area contributed by atoms with E-state index in [9.17, 15) is 9.50 Å². The summed E-state index contributed by atoms with van der Waals surface area (Å²) in [6, 6.07) is 6.39. The van der Waals surface area contributed by atoms with Crippen LogP contribution in [-0.2, 0) is 6.42 Å². The number of anilines is 1. The highest BCUT2D eigenvalue weighted by molar-refractivity contribution is 5.97. The average Bonchev–Trinajstić information content (AvgIpc) is 2.28. The van der Waals surface area contributed by atoms with Crippen LogP contribution in [0.4, 0.5) is 10.1 Å². The highest BCUT2D eigenvalue weighted by Gasteiger charge is 2.10. The molecule has 2 aromatic rings. The molecule has 0 unspecified atom stereocenters. The Labute approximate surface area is 93.7 Å². The lowest BCUT2D eigenvalue weighted by atomic mass is 10.00. The number of phenolic OH excluding ortho intramolecular Hbond substituents is 1. The van der Waals surface area contributed by atoms with Gasteiger partial charge >= 0.3 is 0 Å². The molecule has 0 amide bonds. The number of aryl methyl sites for hydroxylation is 1. The topological polar surface area (TPSA) is 32.3 Å². The first-order chi connectivity index (χ1) is 7.67. The van der Waals surface area contributed by atoms with Crippen LogP contribution in [0.25, 0.3) is 10.8 Å². The van der Waals surface area contributed by atoms with Crippen LogP contribution in [0.3, 0.4) is 0 Å². The van der Waals surface area contributed by atoms with E-state index < -0.39 is 0 Å². The van der Waals surface area contributed by atoms with Crippen molar-refractivity contribution < 1.29 is 9.50 Å². The standard InChI is InChI=1S/C13H14FNO/c1-3-10-11(14)5-4-8-6-9(16)7-12(15-2)13(8)10/h4-7,15-16H,3H2,1-2H3. The molecule has 2 nitrogen and oxygen atoms in total. The van der Waals surface area contributed by atoms with Gasteiger partial charge in [0.25, 0.3) is 0 Å². The van der Waals surface area contributed by atoms with Crippen LogP contribution in [-0.4, -0.2) is 12.2 Å². The summed E-state index contributed by atoms with van der Waals surface area (Å²) in [6.07, 6.45) is 0.628. The number of halogens is 1. The molecular formula is C13H14FNO. The van der Waals surface area contributed by atoms with Crippen molar-refractivity contribution in [3.63, 3.8) is 0 Å². The van der Waals surface area contributed by atoms with Crippen LogP contribution >= 0.6 is 0 Å². The zero-order valence-electron chi connectivity index (χ0n) is 9.34. The number of nitrogens with one attached hydrogen (secondary N) is 1. The predicted molar refractivity (Wildman–Crippen MR) is 64.5 cm³/mol. The number of fused-ring (bicyclic) bond motifs is 1. The molecule has 0 spiro atoms. The normalized spacial score (nSPS) is 10.7. The molecule has 0 saturated carbocycles. The Morgan fingerprint density at radius 3 is 2.69 bits per heavy atom. The summed E-state index contributed by atoms with van der Waals surface area (Å²) in [5.74, 6) is -0.0114. The maximum atomic E-state index is 13.6. The van der Waals surface area contributed by atoms with Crippen molar-refractivity contribution in [1.29, 1.82) is 0 Å². The lowest BCUT2D eigenvalue weighted by molar-refractivity contribution is 0.476. The van der Waals surface area contributed by atoms with E-state index in [2.05, 4.69) is 5.32 Å². The molecule has 2 aromatic carbocycles. The number of rotatable bonds is 2. The monoisotopic (exact) mass is 219 g/mol.